The Morgan fingerprint density at radius 2 is 2.00 bits per heavy atom. The third kappa shape index (κ3) is 2.92. The quantitative estimate of drug-likeness (QED) is 0.480. The summed E-state index contributed by atoms with van der Waals surface area (Å²) in [5, 5.41) is 19.2. The van der Waals surface area contributed by atoms with Crippen molar-refractivity contribution in [1.82, 2.24) is 0 Å². The van der Waals surface area contributed by atoms with E-state index in [9.17, 15) is 0 Å². The van der Waals surface area contributed by atoms with Crippen LogP contribution >= 0.6 is 0 Å². The second-order valence-electron chi connectivity index (χ2n) is 3.45. The Balaban J connectivity index is 2.92. The molecule has 1 aromatic rings. The van der Waals surface area contributed by atoms with Gasteiger partial charge in [-0.3, -0.25) is 0 Å². The molecule has 0 aliphatic carbocycles. The van der Waals surface area contributed by atoms with E-state index < -0.39 is 0 Å². The number of hydrogen-bond donors (Lipinski definition) is 3. The summed E-state index contributed by atoms with van der Waals surface area (Å²) >= 11 is 0. The first-order valence-corrected chi connectivity index (χ1v) is 5.03. The van der Waals surface area contributed by atoms with Crippen LogP contribution in [0.2, 0.25) is 0 Å². The van der Waals surface area contributed by atoms with Crippen molar-refractivity contribution in [2.75, 3.05) is 24.8 Å². The summed E-state index contributed by atoms with van der Waals surface area (Å²) in [6.45, 7) is 2.54. The van der Waals surface area contributed by atoms with Crippen LogP contribution in [-0.2, 0) is 6.42 Å². The summed E-state index contributed by atoms with van der Waals surface area (Å²) in [5.41, 5.74) is 3.04. The first-order chi connectivity index (χ1) is 7.20. The Bertz CT molecular complexity index is 315. The lowest BCUT2D eigenvalue weighted by molar-refractivity contribution is 0.299. The zero-order chi connectivity index (χ0) is 11.3. The van der Waals surface area contributed by atoms with Crippen LogP contribution in [0.1, 0.15) is 11.1 Å². The lowest BCUT2D eigenvalue weighted by atomic mass is 10.0. The molecule has 0 atom stereocenters. The smallest absolute Gasteiger partial charge is 0.0622 e. The maximum atomic E-state index is 8.89. The molecule has 0 amide bonds. The number of nitrogens with two attached hydrogens (primary N) is 1. The fourth-order valence-electron chi connectivity index (χ4n) is 1.60. The van der Waals surface area contributed by atoms with Gasteiger partial charge in [-0.05, 0) is 30.5 Å². The van der Waals surface area contributed by atoms with Crippen molar-refractivity contribution in [2.24, 2.45) is 5.84 Å². The molecule has 0 saturated heterocycles. The summed E-state index contributed by atoms with van der Waals surface area (Å²) in [7, 11) is 0. The van der Waals surface area contributed by atoms with Crippen LogP contribution in [0, 0.1) is 6.92 Å². The lowest BCUT2D eigenvalue weighted by Gasteiger charge is -2.21. The number of aliphatic hydroxyl groups excluding tert-OH is 2. The molecule has 0 aliphatic heterocycles. The first-order valence-electron chi connectivity index (χ1n) is 5.03. The van der Waals surface area contributed by atoms with Crippen molar-refractivity contribution < 1.29 is 10.2 Å². The third-order valence-electron chi connectivity index (χ3n) is 2.45. The highest BCUT2D eigenvalue weighted by Gasteiger charge is 2.07. The predicted molar refractivity (Wildman–Crippen MR) is 60.6 cm³/mol. The topological polar surface area (TPSA) is 69.7 Å². The lowest BCUT2D eigenvalue weighted by Crippen LogP contribution is -2.34. The zero-order valence-corrected chi connectivity index (χ0v) is 8.98. The van der Waals surface area contributed by atoms with E-state index in [1.54, 1.807) is 0 Å². The average molecular weight is 210 g/mol. The van der Waals surface area contributed by atoms with E-state index in [2.05, 4.69) is 0 Å². The minimum absolute atomic E-state index is 0.0279. The minimum Gasteiger partial charge on any atom is -0.396 e. The van der Waals surface area contributed by atoms with Crippen molar-refractivity contribution >= 4 is 5.69 Å². The Kier molecular flexibility index (Phi) is 4.55. The summed E-state index contributed by atoms with van der Waals surface area (Å²) in [6, 6.07) is 5.79. The molecule has 0 spiro atoms. The molecule has 4 N–H and O–H groups in total. The molecule has 0 aliphatic rings. The maximum Gasteiger partial charge on any atom is 0.0622 e. The van der Waals surface area contributed by atoms with Gasteiger partial charge in [-0.25, -0.2) is 5.84 Å². The second-order valence-corrected chi connectivity index (χ2v) is 3.45. The molecule has 0 unspecified atom stereocenters. The van der Waals surface area contributed by atoms with Gasteiger partial charge in [-0.2, -0.15) is 0 Å². The fourth-order valence-corrected chi connectivity index (χ4v) is 1.60. The monoisotopic (exact) mass is 210 g/mol. The zero-order valence-electron chi connectivity index (χ0n) is 8.98. The largest absolute Gasteiger partial charge is 0.396 e. The molecule has 15 heavy (non-hydrogen) atoms. The highest BCUT2D eigenvalue weighted by molar-refractivity contribution is 5.55. The van der Waals surface area contributed by atoms with Gasteiger partial charge in [0.05, 0.1) is 18.8 Å². The molecule has 0 aromatic heterocycles. The van der Waals surface area contributed by atoms with Crippen molar-refractivity contribution in [3.8, 4) is 0 Å². The van der Waals surface area contributed by atoms with Crippen LogP contribution in [0.25, 0.3) is 0 Å². The molecule has 4 nitrogen and oxygen atoms in total. The number of benzene rings is 1. The molecule has 84 valence electrons. The molecule has 0 heterocycles. The van der Waals surface area contributed by atoms with Crippen molar-refractivity contribution in [3.05, 3.63) is 29.3 Å². The molecular formula is C11H18N2O2. The minimum atomic E-state index is 0.0279. The molecular weight excluding hydrogens is 192 g/mol. The Morgan fingerprint density at radius 1 is 1.27 bits per heavy atom. The van der Waals surface area contributed by atoms with Crippen molar-refractivity contribution in [1.29, 1.82) is 0 Å². The standard InChI is InChI=1S/C11H18N2O2/c1-9-10(5-7-14)3-2-4-11(9)13(12)6-8-15/h2-4,14-15H,5-8,12H2,1H3. The van der Waals surface area contributed by atoms with Crippen LogP contribution < -0.4 is 10.9 Å². The van der Waals surface area contributed by atoms with Gasteiger partial charge in [0.25, 0.3) is 0 Å². The van der Waals surface area contributed by atoms with Gasteiger partial charge in [0.15, 0.2) is 0 Å². The third-order valence-corrected chi connectivity index (χ3v) is 2.45. The van der Waals surface area contributed by atoms with Crippen LogP contribution in [0.5, 0.6) is 0 Å². The van der Waals surface area contributed by atoms with Gasteiger partial charge in [-0.15, -0.1) is 0 Å². The fraction of sp³-hybridized carbons (Fsp3) is 0.455. The molecule has 0 saturated carbocycles. The van der Waals surface area contributed by atoms with Crippen LogP contribution in [-0.4, -0.2) is 30.0 Å². The highest BCUT2D eigenvalue weighted by Crippen LogP contribution is 2.21. The maximum absolute atomic E-state index is 8.89. The summed E-state index contributed by atoms with van der Waals surface area (Å²) in [4.78, 5) is 0. The van der Waals surface area contributed by atoms with E-state index in [4.69, 9.17) is 16.1 Å². The molecule has 0 radical (unpaired) electrons. The Labute approximate surface area is 89.9 Å². The summed E-state index contributed by atoms with van der Waals surface area (Å²) in [6.07, 6.45) is 0.632. The van der Waals surface area contributed by atoms with Crippen LogP contribution in [0.3, 0.4) is 0 Å². The molecule has 1 rings (SSSR count). The number of hydrogen-bond acceptors (Lipinski definition) is 4. The normalized spacial score (nSPS) is 10.4. The summed E-state index contributed by atoms with van der Waals surface area (Å²) in [5.74, 6) is 5.78. The van der Waals surface area contributed by atoms with E-state index in [1.807, 2.05) is 25.1 Å². The van der Waals surface area contributed by atoms with Gasteiger partial charge in [0.1, 0.15) is 0 Å². The average Bonchev–Trinajstić information content (AvgIpc) is 2.22. The van der Waals surface area contributed by atoms with Crippen molar-refractivity contribution in [2.45, 2.75) is 13.3 Å². The van der Waals surface area contributed by atoms with Gasteiger partial charge < -0.3 is 15.2 Å². The van der Waals surface area contributed by atoms with Gasteiger partial charge >= 0.3 is 0 Å². The van der Waals surface area contributed by atoms with Gasteiger partial charge in [-0.1, -0.05) is 12.1 Å². The number of anilines is 1. The molecule has 4 heteroatoms. The van der Waals surface area contributed by atoms with E-state index >= 15 is 0 Å². The molecule has 0 fully saturated rings. The Morgan fingerprint density at radius 3 is 2.60 bits per heavy atom. The molecule has 0 bridgehead atoms. The SMILES string of the molecule is Cc1c(CCO)cccc1N(N)CCO. The van der Waals surface area contributed by atoms with E-state index in [0.717, 1.165) is 16.8 Å². The van der Waals surface area contributed by atoms with Crippen molar-refractivity contribution in [3.63, 3.8) is 0 Å². The first kappa shape index (κ1) is 12.0. The predicted octanol–water partition coefficient (Wildman–Crippen LogP) is 0.202. The number of nitrogens with zero attached hydrogens (tertiary/aromatic N) is 1. The highest BCUT2D eigenvalue weighted by atomic mass is 16.3. The number of rotatable bonds is 5. The molecule has 1 aromatic carbocycles. The number of aliphatic hydroxyl groups is 2. The Hall–Kier alpha value is -1.10. The summed E-state index contributed by atoms with van der Waals surface area (Å²) < 4.78 is 0. The van der Waals surface area contributed by atoms with E-state index in [0.29, 0.717) is 13.0 Å². The number of hydrazine groups is 1. The van der Waals surface area contributed by atoms with Crippen LogP contribution in [0.4, 0.5) is 5.69 Å². The van der Waals surface area contributed by atoms with Gasteiger partial charge in [0.2, 0.25) is 0 Å². The van der Waals surface area contributed by atoms with Crippen LogP contribution in [0.15, 0.2) is 18.2 Å². The van der Waals surface area contributed by atoms with E-state index in [1.165, 1.54) is 5.01 Å². The van der Waals surface area contributed by atoms with E-state index in [-0.39, 0.29) is 13.2 Å². The second kappa shape index (κ2) is 5.70. The van der Waals surface area contributed by atoms with Gasteiger partial charge in [0, 0.05) is 6.61 Å².